The first-order chi connectivity index (χ1) is 11.4. The fraction of sp³-hybridized carbons (Fsp3) is 0.294. The number of nitrogens with one attached hydrogen (secondary N) is 2. The Hall–Kier alpha value is -2.47. The Balaban J connectivity index is 2.05. The van der Waals surface area contributed by atoms with E-state index in [2.05, 4.69) is 10.3 Å². The quantitative estimate of drug-likeness (QED) is 0.781. The number of ether oxygens (including phenoxy) is 2. The standard InChI is InChI=1S/C17H19ClN2O4/c1-10(2)15(24-17(22)14-8-11(18)9-19-14)16(21)20-12-4-6-13(23-3)7-5-12/h4-10,15,19H,1-3H3,(H,20,21)/t15-/m1/s1. The minimum absolute atomic E-state index is 0.197. The minimum Gasteiger partial charge on any atom is -0.497 e. The van der Waals surface area contributed by atoms with Crippen molar-refractivity contribution < 1.29 is 19.1 Å². The summed E-state index contributed by atoms with van der Waals surface area (Å²) in [6.07, 6.45) is 0.543. The summed E-state index contributed by atoms with van der Waals surface area (Å²) in [6.45, 7) is 3.60. The molecule has 6 nitrogen and oxygen atoms in total. The van der Waals surface area contributed by atoms with E-state index in [1.54, 1.807) is 45.2 Å². The number of amides is 1. The molecule has 0 saturated heterocycles. The first-order valence-corrected chi connectivity index (χ1v) is 7.78. The van der Waals surface area contributed by atoms with Crippen molar-refractivity contribution in [3.8, 4) is 5.75 Å². The fourth-order valence-corrected chi connectivity index (χ4v) is 2.21. The van der Waals surface area contributed by atoms with Gasteiger partial charge in [0, 0.05) is 11.9 Å². The second-order valence-electron chi connectivity index (χ2n) is 5.52. The molecule has 1 amide bonds. The van der Waals surface area contributed by atoms with Crippen LogP contribution in [0.25, 0.3) is 0 Å². The van der Waals surface area contributed by atoms with E-state index in [0.717, 1.165) is 0 Å². The highest BCUT2D eigenvalue weighted by Gasteiger charge is 2.27. The third-order valence-corrected chi connectivity index (χ3v) is 3.54. The highest BCUT2D eigenvalue weighted by atomic mass is 35.5. The minimum atomic E-state index is -0.929. The number of anilines is 1. The Morgan fingerprint density at radius 1 is 1.21 bits per heavy atom. The summed E-state index contributed by atoms with van der Waals surface area (Å²) >= 11 is 5.77. The van der Waals surface area contributed by atoms with Crippen LogP contribution in [0.3, 0.4) is 0 Å². The summed E-state index contributed by atoms with van der Waals surface area (Å²) in [5.41, 5.74) is 0.785. The van der Waals surface area contributed by atoms with Gasteiger partial charge in [-0.3, -0.25) is 4.79 Å². The molecule has 2 N–H and O–H groups in total. The number of H-pyrrole nitrogens is 1. The van der Waals surface area contributed by atoms with Crippen LogP contribution in [0.15, 0.2) is 36.5 Å². The molecule has 0 aliphatic carbocycles. The Kier molecular flexibility index (Phi) is 5.87. The lowest BCUT2D eigenvalue weighted by molar-refractivity contribution is -0.126. The molecule has 1 aromatic carbocycles. The third-order valence-electron chi connectivity index (χ3n) is 3.32. The SMILES string of the molecule is COc1ccc(NC(=O)[C@H](OC(=O)c2cc(Cl)c[nH]2)C(C)C)cc1. The van der Waals surface area contributed by atoms with Crippen LogP contribution in [0, 0.1) is 5.92 Å². The number of halogens is 1. The average Bonchev–Trinajstić information content (AvgIpc) is 2.99. The van der Waals surface area contributed by atoms with Gasteiger partial charge in [-0.2, -0.15) is 0 Å². The van der Waals surface area contributed by atoms with Crippen LogP contribution in [0.1, 0.15) is 24.3 Å². The van der Waals surface area contributed by atoms with Gasteiger partial charge in [0.1, 0.15) is 11.4 Å². The van der Waals surface area contributed by atoms with Crippen LogP contribution in [0.5, 0.6) is 5.75 Å². The summed E-state index contributed by atoms with van der Waals surface area (Å²) in [4.78, 5) is 27.2. The monoisotopic (exact) mass is 350 g/mol. The number of aromatic nitrogens is 1. The van der Waals surface area contributed by atoms with Crippen LogP contribution >= 0.6 is 11.6 Å². The van der Waals surface area contributed by atoms with Crippen molar-refractivity contribution >= 4 is 29.2 Å². The molecule has 0 aliphatic rings. The Bertz CT molecular complexity index is 710. The third kappa shape index (κ3) is 4.52. The number of esters is 1. The van der Waals surface area contributed by atoms with Gasteiger partial charge in [0.05, 0.1) is 12.1 Å². The van der Waals surface area contributed by atoms with E-state index >= 15 is 0 Å². The first kappa shape index (κ1) is 17.9. The Morgan fingerprint density at radius 2 is 1.88 bits per heavy atom. The summed E-state index contributed by atoms with van der Waals surface area (Å²) in [6, 6.07) is 8.32. The van der Waals surface area contributed by atoms with Gasteiger partial charge in [-0.05, 0) is 36.2 Å². The predicted molar refractivity (Wildman–Crippen MR) is 91.5 cm³/mol. The van der Waals surface area contributed by atoms with E-state index in [9.17, 15) is 9.59 Å². The van der Waals surface area contributed by atoms with Gasteiger partial charge >= 0.3 is 5.97 Å². The van der Waals surface area contributed by atoms with Crippen molar-refractivity contribution in [3.05, 3.63) is 47.2 Å². The van der Waals surface area contributed by atoms with Crippen LogP contribution < -0.4 is 10.1 Å². The molecule has 1 aromatic heterocycles. The van der Waals surface area contributed by atoms with Gasteiger partial charge in [0.2, 0.25) is 0 Å². The molecule has 0 aliphatic heterocycles. The molecule has 1 heterocycles. The molecular formula is C17H19ClN2O4. The van der Waals surface area contributed by atoms with E-state index < -0.39 is 18.0 Å². The number of hydrogen-bond donors (Lipinski definition) is 2. The van der Waals surface area contributed by atoms with E-state index in [1.807, 2.05) is 0 Å². The molecule has 0 fully saturated rings. The molecule has 2 rings (SSSR count). The zero-order valence-corrected chi connectivity index (χ0v) is 14.4. The largest absolute Gasteiger partial charge is 0.497 e. The highest BCUT2D eigenvalue weighted by Crippen LogP contribution is 2.18. The smallest absolute Gasteiger partial charge is 0.355 e. The number of methoxy groups -OCH3 is 1. The van der Waals surface area contributed by atoms with Crippen molar-refractivity contribution in [3.63, 3.8) is 0 Å². The maximum Gasteiger partial charge on any atom is 0.355 e. The molecule has 0 unspecified atom stereocenters. The van der Waals surface area contributed by atoms with Crippen LogP contribution in [0.4, 0.5) is 5.69 Å². The van der Waals surface area contributed by atoms with Crippen molar-refractivity contribution in [2.45, 2.75) is 20.0 Å². The number of benzene rings is 1. The van der Waals surface area contributed by atoms with Gasteiger partial charge in [0.25, 0.3) is 5.91 Å². The number of rotatable bonds is 6. The van der Waals surface area contributed by atoms with Crippen LogP contribution in [-0.4, -0.2) is 30.1 Å². The average molecular weight is 351 g/mol. The normalized spacial score (nSPS) is 11.9. The van der Waals surface area contributed by atoms with E-state index in [0.29, 0.717) is 16.5 Å². The molecule has 0 radical (unpaired) electrons. The molecule has 0 spiro atoms. The molecule has 128 valence electrons. The molecule has 2 aromatic rings. The zero-order chi connectivity index (χ0) is 17.7. The van der Waals surface area contributed by atoms with E-state index in [4.69, 9.17) is 21.1 Å². The molecule has 0 saturated carbocycles. The lowest BCUT2D eigenvalue weighted by Gasteiger charge is -2.20. The number of aromatic amines is 1. The predicted octanol–water partition coefficient (Wildman–Crippen LogP) is 3.50. The summed E-state index contributed by atoms with van der Waals surface area (Å²) in [5, 5.41) is 3.12. The summed E-state index contributed by atoms with van der Waals surface area (Å²) in [5.74, 6) is -0.548. The maximum absolute atomic E-state index is 12.4. The molecule has 1 atom stereocenters. The van der Waals surface area contributed by atoms with E-state index in [-0.39, 0.29) is 11.6 Å². The number of carbonyl (C=O) groups is 2. The van der Waals surface area contributed by atoms with Crippen LogP contribution in [-0.2, 0) is 9.53 Å². The van der Waals surface area contributed by atoms with Gasteiger partial charge in [-0.15, -0.1) is 0 Å². The van der Waals surface area contributed by atoms with Gasteiger partial charge in [-0.1, -0.05) is 25.4 Å². The Labute approximate surface area is 145 Å². The van der Waals surface area contributed by atoms with Crippen molar-refractivity contribution in [1.82, 2.24) is 4.98 Å². The second kappa shape index (κ2) is 7.88. The molecule has 24 heavy (non-hydrogen) atoms. The fourth-order valence-electron chi connectivity index (χ4n) is 2.04. The topological polar surface area (TPSA) is 80.4 Å². The summed E-state index contributed by atoms with van der Waals surface area (Å²) < 4.78 is 10.4. The van der Waals surface area contributed by atoms with Crippen molar-refractivity contribution in [2.75, 3.05) is 12.4 Å². The number of hydrogen-bond acceptors (Lipinski definition) is 4. The van der Waals surface area contributed by atoms with Gasteiger partial charge in [0.15, 0.2) is 6.10 Å². The molecule has 0 bridgehead atoms. The lowest BCUT2D eigenvalue weighted by Crippen LogP contribution is -2.36. The lowest BCUT2D eigenvalue weighted by atomic mass is 10.1. The second-order valence-corrected chi connectivity index (χ2v) is 5.96. The van der Waals surface area contributed by atoms with Crippen LogP contribution in [0.2, 0.25) is 5.02 Å². The van der Waals surface area contributed by atoms with Gasteiger partial charge < -0.3 is 19.8 Å². The zero-order valence-electron chi connectivity index (χ0n) is 13.6. The van der Waals surface area contributed by atoms with Gasteiger partial charge in [-0.25, -0.2) is 4.79 Å². The first-order valence-electron chi connectivity index (χ1n) is 7.40. The van der Waals surface area contributed by atoms with Crippen molar-refractivity contribution in [1.29, 1.82) is 0 Å². The Morgan fingerprint density at radius 3 is 2.38 bits per heavy atom. The highest BCUT2D eigenvalue weighted by molar-refractivity contribution is 6.30. The number of carbonyl (C=O) groups excluding carboxylic acids is 2. The molecule has 7 heteroatoms. The maximum atomic E-state index is 12.4. The van der Waals surface area contributed by atoms with E-state index in [1.165, 1.54) is 12.3 Å². The van der Waals surface area contributed by atoms with Crippen molar-refractivity contribution in [2.24, 2.45) is 5.92 Å². The summed E-state index contributed by atoms with van der Waals surface area (Å²) in [7, 11) is 1.56. The molecular weight excluding hydrogens is 332 g/mol.